The second kappa shape index (κ2) is 53.8. The molecule has 0 saturated carbocycles. The van der Waals surface area contributed by atoms with Crippen LogP contribution in [0.4, 0.5) is 0 Å². The van der Waals surface area contributed by atoms with Gasteiger partial charge in [-0.2, -0.15) is 0 Å². The number of phosphoric acid groups is 1. The van der Waals surface area contributed by atoms with E-state index in [4.69, 9.17) is 18.5 Å². The van der Waals surface area contributed by atoms with E-state index in [1.807, 2.05) is 21.1 Å². The van der Waals surface area contributed by atoms with Crippen LogP contribution in [0.1, 0.15) is 284 Å². The molecular formula is C62H116NO8P. The van der Waals surface area contributed by atoms with E-state index < -0.39 is 26.5 Å². The maximum absolute atomic E-state index is 12.8. The van der Waals surface area contributed by atoms with Crippen LogP contribution in [-0.4, -0.2) is 70.0 Å². The lowest BCUT2D eigenvalue weighted by Crippen LogP contribution is -2.37. The zero-order valence-corrected chi connectivity index (χ0v) is 48.8. The molecule has 2 atom stereocenters. The normalized spacial score (nSPS) is 13.6. The number of hydrogen-bond donors (Lipinski definition) is 0. The van der Waals surface area contributed by atoms with Crippen LogP contribution in [0.15, 0.2) is 48.6 Å². The number of ether oxygens (including phenoxy) is 2. The summed E-state index contributed by atoms with van der Waals surface area (Å²) in [7, 11) is 1.17. The van der Waals surface area contributed by atoms with Crippen molar-refractivity contribution in [2.24, 2.45) is 0 Å². The average Bonchev–Trinajstić information content (AvgIpc) is 3.34. The topological polar surface area (TPSA) is 111 Å². The van der Waals surface area contributed by atoms with E-state index in [-0.39, 0.29) is 32.0 Å². The molecular weight excluding hydrogens is 918 g/mol. The zero-order chi connectivity index (χ0) is 52.7. The van der Waals surface area contributed by atoms with E-state index >= 15 is 0 Å². The summed E-state index contributed by atoms with van der Waals surface area (Å²) in [5.41, 5.74) is 0. The van der Waals surface area contributed by atoms with Gasteiger partial charge in [0.15, 0.2) is 6.10 Å². The fraction of sp³-hybridized carbons (Fsp3) is 0.839. The maximum atomic E-state index is 12.8. The van der Waals surface area contributed by atoms with E-state index in [9.17, 15) is 19.0 Å². The van der Waals surface area contributed by atoms with Crippen molar-refractivity contribution in [2.45, 2.75) is 290 Å². The number of rotatable bonds is 56. The van der Waals surface area contributed by atoms with Crippen molar-refractivity contribution in [1.29, 1.82) is 0 Å². The molecule has 422 valence electrons. The van der Waals surface area contributed by atoms with Gasteiger partial charge in [0.2, 0.25) is 0 Å². The molecule has 0 rings (SSSR count). The molecule has 9 nitrogen and oxygen atoms in total. The standard InChI is InChI=1S/C62H116NO8P/c1-6-8-10-12-14-16-18-20-22-24-26-28-29-30-31-32-33-35-36-38-40-42-44-46-48-50-52-54-61(64)68-58-60(59-70-72(66,67)69-57-56-63(3,4)5)71-62(65)55-53-51-49-47-45-43-41-39-37-34-27-25-23-21-19-17-15-13-11-9-7-2/h9,11,15,17,21,23,27,34,60H,6-8,10,12-14,16,18-20,22,24-26,28-33,35-59H2,1-5H3/b11-9-,17-15-,23-21-,34-27-. The van der Waals surface area contributed by atoms with Crippen LogP contribution < -0.4 is 4.89 Å². The summed E-state index contributed by atoms with van der Waals surface area (Å²) in [4.78, 5) is 37.9. The minimum absolute atomic E-state index is 0.0323. The van der Waals surface area contributed by atoms with Gasteiger partial charge in [0, 0.05) is 12.8 Å². The maximum Gasteiger partial charge on any atom is 0.306 e. The highest BCUT2D eigenvalue weighted by molar-refractivity contribution is 7.45. The Balaban J connectivity index is 4.10. The Bertz CT molecular complexity index is 1360. The molecule has 0 heterocycles. The van der Waals surface area contributed by atoms with Gasteiger partial charge in [-0.3, -0.25) is 14.2 Å². The van der Waals surface area contributed by atoms with Gasteiger partial charge in [-0.15, -0.1) is 0 Å². The molecule has 0 aromatic carbocycles. The molecule has 72 heavy (non-hydrogen) atoms. The summed E-state index contributed by atoms with van der Waals surface area (Å²) < 4.78 is 34.2. The van der Waals surface area contributed by atoms with Crippen LogP contribution in [0.5, 0.6) is 0 Å². The number of carbonyl (C=O) groups is 2. The fourth-order valence-corrected chi connectivity index (χ4v) is 9.44. The molecule has 0 aliphatic heterocycles. The molecule has 0 radical (unpaired) electrons. The molecule has 0 aliphatic carbocycles. The molecule has 10 heteroatoms. The van der Waals surface area contributed by atoms with Crippen molar-refractivity contribution in [2.75, 3.05) is 47.5 Å². The van der Waals surface area contributed by atoms with Gasteiger partial charge < -0.3 is 27.9 Å². The number of hydrogen-bond acceptors (Lipinski definition) is 8. The van der Waals surface area contributed by atoms with Crippen molar-refractivity contribution in [1.82, 2.24) is 0 Å². The lowest BCUT2D eigenvalue weighted by Gasteiger charge is -2.28. The lowest BCUT2D eigenvalue weighted by atomic mass is 10.0. The van der Waals surface area contributed by atoms with Gasteiger partial charge in [0.05, 0.1) is 27.7 Å². The van der Waals surface area contributed by atoms with Gasteiger partial charge in [-0.05, 0) is 51.4 Å². The van der Waals surface area contributed by atoms with Crippen LogP contribution in [-0.2, 0) is 32.7 Å². The van der Waals surface area contributed by atoms with Crippen molar-refractivity contribution in [3.63, 3.8) is 0 Å². The number of unbranched alkanes of at least 4 members (excludes halogenated alkanes) is 34. The molecule has 0 aromatic rings. The molecule has 0 aromatic heterocycles. The Morgan fingerprint density at radius 2 is 0.792 bits per heavy atom. The molecule has 0 spiro atoms. The van der Waals surface area contributed by atoms with E-state index in [1.54, 1.807) is 0 Å². The van der Waals surface area contributed by atoms with E-state index in [0.717, 1.165) is 70.6 Å². The third-order valence-corrected chi connectivity index (χ3v) is 14.3. The molecule has 0 fully saturated rings. The molecule has 0 N–H and O–H groups in total. The van der Waals surface area contributed by atoms with Crippen LogP contribution >= 0.6 is 7.82 Å². The number of likely N-dealkylation sites (N-methyl/N-ethyl adjacent to an activating group) is 1. The monoisotopic (exact) mass is 1030 g/mol. The summed E-state index contributed by atoms with van der Waals surface area (Å²) in [5.74, 6) is -0.831. The Hall–Kier alpha value is -2.03. The van der Waals surface area contributed by atoms with Crippen molar-refractivity contribution in [3.8, 4) is 0 Å². The van der Waals surface area contributed by atoms with Gasteiger partial charge in [-0.1, -0.05) is 268 Å². The third-order valence-electron chi connectivity index (χ3n) is 13.4. The largest absolute Gasteiger partial charge is 0.756 e. The van der Waals surface area contributed by atoms with Gasteiger partial charge in [0.25, 0.3) is 7.82 Å². The van der Waals surface area contributed by atoms with Gasteiger partial charge in [0.1, 0.15) is 19.8 Å². The number of nitrogens with zero attached hydrogens (tertiary/aromatic N) is 1. The fourth-order valence-electron chi connectivity index (χ4n) is 8.71. The smallest absolute Gasteiger partial charge is 0.306 e. The van der Waals surface area contributed by atoms with Gasteiger partial charge >= 0.3 is 11.9 Å². The Morgan fingerprint density at radius 3 is 1.18 bits per heavy atom. The first kappa shape index (κ1) is 70.0. The summed E-state index contributed by atoms with van der Waals surface area (Å²) >= 11 is 0. The molecule has 2 unspecified atom stereocenters. The number of carbonyl (C=O) groups excluding carboxylic acids is 2. The molecule has 0 saturated heterocycles. The average molecular weight is 1030 g/mol. The second-order valence-electron chi connectivity index (χ2n) is 21.7. The Kier molecular flexibility index (Phi) is 52.3. The van der Waals surface area contributed by atoms with E-state index in [0.29, 0.717) is 17.4 Å². The Labute approximate surface area is 445 Å². The first-order valence-electron chi connectivity index (χ1n) is 30.3. The second-order valence-corrected chi connectivity index (χ2v) is 23.1. The zero-order valence-electron chi connectivity index (χ0n) is 47.9. The van der Waals surface area contributed by atoms with Crippen molar-refractivity contribution >= 4 is 19.8 Å². The number of phosphoric ester groups is 1. The lowest BCUT2D eigenvalue weighted by molar-refractivity contribution is -0.870. The van der Waals surface area contributed by atoms with Crippen LogP contribution in [0.2, 0.25) is 0 Å². The number of allylic oxidation sites excluding steroid dienone is 8. The summed E-state index contributed by atoms with van der Waals surface area (Å²) in [6.45, 7) is 4.16. The highest BCUT2D eigenvalue weighted by Crippen LogP contribution is 2.38. The van der Waals surface area contributed by atoms with Crippen LogP contribution in [0, 0.1) is 0 Å². The molecule has 0 bridgehead atoms. The van der Waals surface area contributed by atoms with Gasteiger partial charge in [-0.25, -0.2) is 0 Å². The van der Waals surface area contributed by atoms with E-state index in [1.165, 1.54) is 180 Å². The summed E-state index contributed by atoms with van der Waals surface area (Å²) in [5, 5.41) is 0. The number of esters is 2. The first-order valence-corrected chi connectivity index (χ1v) is 31.8. The van der Waals surface area contributed by atoms with Crippen molar-refractivity contribution < 1.29 is 42.1 Å². The predicted octanol–water partition coefficient (Wildman–Crippen LogP) is 18.3. The number of quaternary nitrogens is 1. The first-order chi connectivity index (χ1) is 35.0. The third kappa shape index (κ3) is 57.3. The minimum Gasteiger partial charge on any atom is -0.756 e. The SMILES string of the molecule is CC/C=C\C/C=C\C/C=C\C/C=C\CCCCCCCCCCC(=O)OC(COC(=O)CCCCCCCCCCCCCCCCCCCCCCCCCCCCC)COP(=O)([O-])OCC[N+](C)(C)C. The van der Waals surface area contributed by atoms with Crippen LogP contribution in [0.25, 0.3) is 0 Å². The quantitative estimate of drug-likeness (QED) is 0.0195. The Morgan fingerprint density at radius 1 is 0.444 bits per heavy atom. The van der Waals surface area contributed by atoms with E-state index in [2.05, 4.69) is 62.5 Å². The summed E-state index contributed by atoms with van der Waals surface area (Å²) in [6, 6.07) is 0. The highest BCUT2D eigenvalue weighted by Gasteiger charge is 2.22. The highest BCUT2D eigenvalue weighted by atomic mass is 31.2. The molecule has 0 aliphatic rings. The molecule has 0 amide bonds. The van der Waals surface area contributed by atoms with Crippen LogP contribution in [0.3, 0.4) is 0 Å². The predicted molar refractivity (Wildman–Crippen MR) is 305 cm³/mol. The van der Waals surface area contributed by atoms with Crippen molar-refractivity contribution in [3.05, 3.63) is 48.6 Å². The summed E-state index contributed by atoms with van der Waals surface area (Å²) in [6.07, 6.45) is 67.4. The minimum atomic E-state index is -4.64.